The maximum absolute atomic E-state index is 13.2. The lowest BCUT2D eigenvalue weighted by Gasteiger charge is -2.25. The van der Waals surface area contributed by atoms with Gasteiger partial charge in [-0.15, -0.1) is 11.3 Å². The van der Waals surface area contributed by atoms with Crippen molar-refractivity contribution in [3.63, 3.8) is 0 Å². The summed E-state index contributed by atoms with van der Waals surface area (Å²) in [5, 5.41) is 19.1. The second-order valence-corrected chi connectivity index (χ2v) is 7.35. The van der Waals surface area contributed by atoms with E-state index in [4.69, 9.17) is 0 Å². The van der Waals surface area contributed by atoms with Gasteiger partial charge < -0.3 is 10.2 Å². The zero-order chi connectivity index (χ0) is 19.2. The first-order valence-corrected chi connectivity index (χ1v) is 8.56. The van der Waals surface area contributed by atoms with Crippen LogP contribution < -0.4 is 5.56 Å². The van der Waals surface area contributed by atoms with Gasteiger partial charge >= 0.3 is 11.9 Å². The van der Waals surface area contributed by atoms with E-state index in [2.05, 4.69) is 4.98 Å². The number of rotatable bonds is 4. The Morgan fingerprint density at radius 1 is 1.15 bits per heavy atom. The van der Waals surface area contributed by atoms with Crippen LogP contribution in [-0.2, 0) is 10.3 Å². The molecule has 2 N–H and O–H groups in total. The lowest BCUT2D eigenvalue weighted by Crippen LogP contribution is -2.44. The molecule has 0 aliphatic carbocycles. The van der Waals surface area contributed by atoms with Gasteiger partial charge in [0.15, 0.2) is 0 Å². The molecule has 0 fully saturated rings. The maximum atomic E-state index is 13.2. The number of carboxylic acids is 2. The van der Waals surface area contributed by atoms with Gasteiger partial charge in [-0.3, -0.25) is 9.36 Å². The quantitative estimate of drug-likeness (QED) is 0.729. The molecule has 3 rings (SSSR count). The molecular weight excluding hydrogens is 356 g/mol. The number of aromatic carboxylic acids is 1. The molecule has 0 radical (unpaired) electrons. The number of carbonyl (C=O) groups is 2. The molecule has 7 nitrogen and oxygen atoms in total. The van der Waals surface area contributed by atoms with Gasteiger partial charge in [-0.1, -0.05) is 30.3 Å². The third-order valence-corrected chi connectivity index (χ3v) is 5.45. The van der Waals surface area contributed by atoms with Crippen LogP contribution in [-0.4, -0.2) is 31.7 Å². The van der Waals surface area contributed by atoms with Gasteiger partial charge in [-0.05, 0) is 26.3 Å². The summed E-state index contributed by atoms with van der Waals surface area (Å²) in [6.45, 7) is 4.36. The minimum atomic E-state index is -1.57. The highest BCUT2D eigenvalue weighted by atomic mass is 32.1. The Morgan fingerprint density at radius 2 is 1.77 bits per heavy atom. The topological polar surface area (TPSA) is 109 Å². The van der Waals surface area contributed by atoms with E-state index in [0.29, 0.717) is 11.1 Å². The van der Waals surface area contributed by atoms with E-state index in [1.807, 2.05) is 0 Å². The monoisotopic (exact) mass is 372 g/mol. The fraction of sp³-hybridized carbons (Fsp3) is 0.222. The highest BCUT2D eigenvalue weighted by Crippen LogP contribution is 2.31. The van der Waals surface area contributed by atoms with Gasteiger partial charge in [0.25, 0.3) is 5.56 Å². The van der Waals surface area contributed by atoms with Crippen molar-refractivity contribution in [2.24, 2.45) is 0 Å². The lowest BCUT2D eigenvalue weighted by molar-refractivity contribution is -0.145. The number of aromatic nitrogens is 2. The van der Waals surface area contributed by atoms with Gasteiger partial charge in [0, 0.05) is 5.56 Å². The lowest BCUT2D eigenvalue weighted by atomic mass is 10.0. The molecule has 0 bridgehead atoms. The second kappa shape index (κ2) is 6.06. The first-order chi connectivity index (χ1) is 12.2. The summed E-state index contributed by atoms with van der Waals surface area (Å²) in [5.74, 6) is -2.15. The molecule has 0 unspecified atom stereocenters. The van der Waals surface area contributed by atoms with Crippen molar-refractivity contribution in [2.45, 2.75) is 26.3 Å². The van der Waals surface area contributed by atoms with E-state index in [-0.39, 0.29) is 20.9 Å². The summed E-state index contributed by atoms with van der Waals surface area (Å²) < 4.78 is 1.12. The predicted molar refractivity (Wildman–Crippen MR) is 98.0 cm³/mol. The Kier molecular flexibility index (Phi) is 4.15. The van der Waals surface area contributed by atoms with E-state index in [0.717, 1.165) is 15.9 Å². The molecule has 1 aromatic carbocycles. The largest absolute Gasteiger partial charge is 0.480 e. The SMILES string of the molecule is Cc1c(C(=O)O)sc2nc(-c3ccccc3)n(C(C)(C)C(=O)O)c(=O)c12. The maximum Gasteiger partial charge on any atom is 0.346 e. The van der Waals surface area contributed by atoms with Crippen molar-refractivity contribution >= 4 is 33.5 Å². The molecule has 26 heavy (non-hydrogen) atoms. The van der Waals surface area contributed by atoms with Crippen LogP contribution in [0.15, 0.2) is 35.1 Å². The Labute approximate surface area is 152 Å². The molecule has 0 atom stereocenters. The smallest absolute Gasteiger partial charge is 0.346 e. The minimum absolute atomic E-state index is 0.0227. The summed E-state index contributed by atoms with van der Waals surface area (Å²) in [4.78, 5) is 41.2. The molecule has 0 saturated carbocycles. The average Bonchev–Trinajstić information content (AvgIpc) is 2.92. The normalized spacial score (nSPS) is 11.7. The molecule has 134 valence electrons. The summed E-state index contributed by atoms with van der Waals surface area (Å²) in [7, 11) is 0. The van der Waals surface area contributed by atoms with Crippen molar-refractivity contribution in [3.05, 3.63) is 51.1 Å². The Balaban J connectivity index is 2.51. The van der Waals surface area contributed by atoms with Crippen molar-refractivity contribution in [2.75, 3.05) is 0 Å². The Morgan fingerprint density at radius 3 is 2.31 bits per heavy atom. The van der Waals surface area contributed by atoms with Gasteiger partial charge in [0.05, 0.1) is 5.39 Å². The van der Waals surface area contributed by atoms with Crippen LogP contribution in [0.5, 0.6) is 0 Å². The van der Waals surface area contributed by atoms with E-state index < -0.39 is 23.0 Å². The number of hydrogen-bond donors (Lipinski definition) is 2. The van der Waals surface area contributed by atoms with Crippen LogP contribution in [0.3, 0.4) is 0 Å². The van der Waals surface area contributed by atoms with Crippen LogP contribution in [0.25, 0.3) is 21.6 Å². The number of aliphatic carboxylic acids is 1. The van der Waals surface area contributed by atoms with Crippen LogP contribution in [0.2, 0.25) is 0 Å². The molecule has 0 aliphatic heterocycles. The third-order valence-electron chi connectivity index (χ3n) is 4.27. The van der Waals surface area contributed by atoms with Gasteiger partial charge in [-0.2, -0.15) is 0 Å². The first kappa shape index (κ1) is 17.8. The van der Waals surface area contributed by atoms with Gasteiger partial charge in [0.2, 0.25) is 0 Å². The van der Waals surface area contributed by atoms with Crippen molar-refractivity contribution in [1.29, 1.82) is 0 Å². The third kappa shape index (κ3) is 2.59. The van der Waals surface area contributed by atoms with Gasteiger partial charge in [-0.25, -0.2) is 14.6 Å². The van der Waals surface area contributed by atoms with Crippen LogP contribution in [0.4, 0.5) is 0 Å². The number of carboxylic acid groups (broad SMARTS) is 2. The Bertz CT molecular complexity index is 1100. The molecular formula is C18H16N2O5S. The highest BCUT2D eigenvalue weighted by molar-refractivity contribution is 7.20. The number of benzene rings is 1. The molecule has 3 aromatic rings. The van der Waals surface area contributed by atoms with Crippen molar-refractivity contribution < 1.29 is 19.8 Å². The van der Waals surface area contributed by atoms with Crippen LogP contribution in [0.1, 0.15) is 29.1 Å². The number of hydrogen-bond acceptors (Lipinski definition) is 5. The van der Waals surface area contributed by atoms with E-state index >= 15 is 0 Å². The van der Waals surface area contributed by atoms with Crippen molar-refractivity contribution in [3.8, 4) is 11.4 Å². The number of nitrogens with zero attached hydrogens (tertiary/aromatic N) is 2. The molecule has 0 aliphatic rings. The molecule has 0 amide bonds. The molecule has 2 heterocycles. The van der Waals surface area contributed by atoms with E-state index in [1.165, 1.54) is 20.8 Å². The first-order valence-electron chi connectivity index (χ1n) is 7.75. The molecule has 8 heteroatoms. The fourth-order valence-electron chi connectivity index (χ4n) is 2.78. The van der Waals surface area contributed by atoms with Crippen molar-refractivity contribution in [1.82, 2.24) is 9.55 Å². The Hall–Kier alpha value is -3.00. The summed E-state index contributed by atoms with van der Waals surface area (Å²) >= 11 is 0.911. The van der Waals surface area contributed by atoms with Crippen LogP contribution in [0, 0.1) is 6.92 Å². The predicted octanol–water partition coefficient (Wildman–Crippen LogP) is 2.95. The minimum Gasteiger partial charge on any atom is -0.480 e. The second-order valence-electron chi connectivity index (χ2n) is 6.35. The number of thiophene rings is 1. The number of aryl methyl sites for hydroxylation is 1. The van der Waals surface area contributed by atoms with E-state index in [1.54, 1.807) is 30.3 Å². The zero-order valence-corrected chi connectivity index (χ0v) is 15.1. The van der Waals surface area contributed by atoms with E-state index in [9.17, 15) is 24.6 Å². The fourth-order valence-corrected chi connectivity index (χ4v) is 3.79. The van der Waals surface area contributed by atoms with Crippen LogP contribution >= 0.6 is 11.3 Å². The highest BCUT2D eigenvalue weighted by Gasteiger charge is 2.35. The average molecular weight is 372 g/mol. The molecule has 2 aromatic heterocycles. The molecule has 0 saturated heterocycles. The zero-order valence-electron chi connectivity index (χ0n) is 14.3. The van der Waals surface area contributed by atoms with Gasteiger partial charge in [0.1, 0.15) is 21.1 Å². The standard InChI is InChI=1S/C18H16N2O5S/c1-9-11-14(26-12(9)16(22)23)19-13(10-7-5-4-6-8-10)20(15(11)21)18(2,3)17(24)25/h4-8H,1-3H3,(H,22,23)(H,24,25). The number of fused-ring (bicyclic) bond motifs is 1. The summed E-state index contributed by atoms with van der Waals surface area (Å²) in [6.07, 6.45) is 0. The summed E-state index contributed by atoms with van der Waals surface area (Å²) in [6, 6.07) is 8.75. The summed E-state index contributed by atoms with van der Waals surface area (Å²) in [5.41, 5.74) is -1.27. The molecule has 0 spiro atoms.